The molecule has 0 saturated carbocycles. The topological polar surface area (TPSA) is 108 Å². The first-order chi connectivity index (χ1) is 11.0. The number of hydrogen-bond donors (Lipinski definition) is 3. The normalized spacial score (nSPS) is 13.9. The molecule has 3 N–H and O–H groups in total. The molecule has 0 spiro atoms. The Morgan fingerprint density at radius 3 is 2.52 bits per heavy atom. The Bertz CT molecular complexity index is 633. The van der Waals surface area contributed by atoms with Gasteiger partial charge in [0.2, 0.25) is 11.8 Å². The SMILES string of the molecule is CC(=O)Nc1cccc(NC(=O)NCCN2C(=O)CSC2=O)c1. The second kappa shape index (κ2) is 7.63. The highest BCUT2D eigenvalue weighted by atomic mass is 32.2. The summed E-state index contributed by atoms with van der Waals surface area (Å²) in [6.45, 7) is 1.70. The van der Waals surface area contributed by atoms with Gasteiger partial charge in [0.1, 0.15) is 0 Å². The van der Waals surface area contributed by atoms with Crippen molar-refractivity contribution in [3.63, 3.8) is 0 Å². The molecule has 0 bridgehead atoms. The number of amides is 5. The maximum Gasteiger partial charge on any atom is 0.319 e. The lowest BCUT2D eigenvalue weighted by Gasteiger charge is -2.13. The lowest BCUT2D eigenvalue weighted by Crippen LogP contribution is -2.39. The number of imide groups is 1. The van der Waals surface area contributed by atoms with Crippen molar-refractivity contribution in [2.75, 3.05) is 29.5 Å². The molecule has 1 aromatic carbocycles. The minimum Gasteiger partial charge on any atom is -0.336 e. The van der Waals surface area contributed by atoms with Crippen LogP contribution in [0, 0.1) is 0 Å². The molecular formula is C14H16N4O4S. The summed E-state index contributed by atoms with van der Waals surface area (Å²) in [5, 5.41) is 7.50. The van der Waals surface area contributed by atoms with Crippen molar-refractivity contribution in [3.05, 3.63) is 24.3 Å². The summed E-state index contributed by atoms with van der Waals surface area (Å²) in [4.78, 5) is 46.7. The average Bonchev–Trinajstić information content (AvgIpc) is 2.78. The van der Waals surface area contributed by atoms with E-state index >= 15 is 0 Å². The maximum absolute atomic E-state index is 11.8. The van der Waals surface area contributed by atoms with E-state index in [1.165, 1.54) is 6.92 Å². The fourth-order valence-electron chi connectivity index (χ4n) is 1.93. The summed E-state index contributed by atoms with van der Waals surface area (Å²) in [6, 6.07) is 6.23. The third kappa shape index (κ3) is 4.99. The van der Waals surface area contributed by atoms with Gasteiger partial charge in [0, 0.05) is 31.4 Å². The molecule has 1 aliphatic heterocycles. The van der Waals surface area contributed by atoms with E-state index in [9.17, 15) is 19.2 Å². The van der Waals surface area contributed by atoms with E-state index in [1.807, 2.05) is 0 Å². The van der Waals surface area contributed by atoms with Crippen LogP contribution in [0.3, 0.4) is 0 Å². The van der Waals surface area contributed by atoms with Gasteiger partial charge in [-0.1, -0.05) is 17.8 Å². The zero-order chi connectivity index (χ0) is 16.8. The molecule has 1 aromatic rings. The number of carbonyl (C=O) groups excluding carboxylic acids is 4. The van der Waals surface area contributed by atoms with Gasteiger partial charge in [0.25, 0.3) is 5.24 Å². The van der Waals surface area contributed by atoms with Crippen molar-refractivity contribution >= 4 is 46.2 Å². The Hall–Kier alpha value is -2.55. The van der Waals surface area contributed by atoms with Gasteiger partial charge in [-0.2, -0.15) is 0 Å². The van der Waals surface area contributed by atoms with Crippen LogP contribution in [0.15, 0.2) is 24.3 Å². The van der Waals surface area contributed by atoms with Crippen molar-refractivity contribution in [2.45, 2.75) is 6.92 Å². The molecule has 0 radical (unpaired) electrons. The smallest absolute Gasteiger partial charge is 0.319 e. The minimum absolute atomic E-state index is 0.143. The second-order valence-electron chi connectivity index (χ2n) is 4.74. The van der Waals surface area contributed by atoms with Crippen molar-refractivity contribution in [2.24, 2.45) is 0 Å². The van der Waals surface area contributed by atoms with Crippen LogP contribution in [0.25, 0.3) is 0 Å². The van der Waals surface area contributed by atoms with Gasteiger partial charge in [0.15, 0.2) is 0 Å². The number of anilines is 2. The maximum atomic E-state index is 11.8. The highest BCUT2D eigenvalue weighted by molar-refractivity contribution is 8.14. The molecule has 122 valence electrons. The molecule has 9 heteroatoms. The summed E-state index contributed by atoms with van der Waals surface area (Å²) in [5.74, 6) is -0.296. The summed E-state index contributed by atoms with van der Waals surface area (Å²) < 4.78 is 0. The number of nitrogens with zero attached hydrogens (tertiary/aromatic N) is 1. The number of thioether (sulfide) groups is 1. The number of carbonyl (C=O) groups is 4. The van der Waals surface area contributed by atoms with Crippen LogP contribution in [0.4, 0.5) is 21.0 Å². The van der Waals surface area contributed by atoms with Gasteiger partial charge in [-0.3, -0.25) is 19.3 Å². The molecule has 23 heavy (non-hydrogen) atoms. The van der Waals surface area contributed by atoms with Gasteiger partial charge in [-0.05, 0) is 18.2 Å². The van der Waals surface area contributed by atoms with Gasteiger partial charge >= 0.3 is 6.03 Å². The minimum atomic E-state index is -0.461. The van der Waals surface area contributed by atoms with E-state index < -0.39 is 6.03 Å². The van der Waals surface area contributed by atoms with Crippen LogP contribution in [0.2, 0.25) is 0 Å². The lowest BCUT2D eigenvalue weighted by atomic mass is 10.3. The molecule has 1 heterocycles. The van der Waals surface area contributed by atoms with Crippen LogP contribution < -0.4 is 16.0 Å². The van der Waals surface area contributed by atoms with Crippen molar-refractivity contribution < 1.29 is 19.2 Å². The summed E-state index contributed by atoms with van der Waals surface area (Å²) in [7, 11) is 0. The Labute approximate surface area is 137 Å². The van der Waals surface area contributed by atoms with Crippen molar-refractivity contribution in [1.29, 1.82) is 0 Å². The van der Waals surface area contributed by atoms with Crippen molar-refractivity contribution in [1.82, 2.24) is 10.2 Å². The second-order valence-corrected chi connectivity index (χ2v) is 5.67. The monoisotopic (exact) mass is 336 g/mol. The zero-order valence-electron chi connectivity index (χ0n) is 12.4. The fraction of sp³-hybridized carbons (Fsp3) is 0.286. The molecular weight excluding hydrogens is 320 g/mol. The third-order valence-corrected chi connectivity index (χ3v) is 3.76. The molecule has 0 atom stereocenters. The summed E-state index contributed by atoms with van der Waals surface area (Å²) >= 11 is 0.956. The number of urea groups is 1. The number of rotatable bonds is 5. The van der Waals surface area contributed by atoms with Crippen LogP contribution >= 0.6 is 11.8 Å². The van der Waals surface area contributed by atoms with Crippen molar-refractivity contribution in [3.8, 4) is 0 Å². The standard InChI is InChI=1S/C14H16N4O4S/c1-9(19)16-10-3-2-4-11(7-10)17-13(21)15-5-6-18-12(20)8-23-14(18)22/h2-4,7H,5-6,8H2,1H3,(H,16,19)(H2,15,17,21). The van der Waals surface area contributed by atoms with Crippen LogP contribution in [0.5, 0.6) is 0 Å². The highest BCUT2D eigenvalue weighted by Gasteiger charge is 2.29. The summed E-state index contributed by atoms with van der Waals surface area (Å²) in [6.07, 6.45) is 0. The molecule has 1 aliphatic rings. The van der Waals surface area contributed by atoms with E-state index in [-0.39, 0.29) is 35.9 Å². The van der Waals surface area contributed by atoms with Gasteiger partial charge in [-0.15, -0.1) is 0 Å². The van der Waals surface area contributed by atoms with E-state index in [0.717, 1.165) is 16.7 Å². The van der Waals surface area contributed by atoms with E-state index in [0.29, 0.717) is 11.4 Å². The summed E-state index contributed by atoms with van der Waals surface area (Å²) in [5.41, 5.74) is 1.08. The molecule has 0 aliphatic carbocycles. The first-order valence-electron chi connectivity index (χ1n) is 6.85. The first kappa shape index (κ1) is 16.8. The predicted molar refractivity (Wildman–Crippen MR) is 87.3 cm³/mol. The number of benzene rings is 1. The zero-order valence-corrected chi connectivity index (χ0v) is 13.2. The fourth-order valence-corrected chi connectivity index (χ4v) is 2.68. The van der Waals surface area contributed by atoms with E-state index in [1.54, 1.807) is 24.3 Å². The molecule has 1 saturated heterocycles. The van der Waals surface area contributed by atoms with Crippen LogP contribution in [0.1, 0.15) is 6.92 Å². The molecule has 1 fully saturated rings. The third-order valence-electron chi connectivity index (χ3n) is 2.90. The van der Waals surface area contributed by atoms with E-state index in [4.69, 9.17) is 0 Å². The molecule has 0 unspecified atom stereocenters. The van der Waals surface area contributed by atoms with Gasteiger partial charge in [0.05, 0.1) is 5.75 Å². The Morgan fingerprint density at radius 2 is 1.91 bits per heavy atom. The van der Waals surface area contributed by atoms with E-state index in [2.05, 4.69) is 16.0 Å². The Balaban J connectivity index is 1.79. The van der Waals surface area contributed by atoms with Gasteiger partial charge < -0.3 is 16.0 Å². The molecule has 0 aromatic heterocycles. The Kier molecular flexibility index (Phi) is 5.58. The Morgan fingerprint density at radius 1 is 1.22 bits per heavy atom. The predicted octanol–water partition coefficient (Wildman–Crippen LogP) is 1.46. The quantitative estimate of drug-likeness (QED) is 0.754. The molecule has 5 amide bonds. The molecule has 2 rings (SSSR count). The van der Waals surface area contributed by atoms with Crippen LogP contribution in [-0.4, -0.2) is 46.8 Å². The first-order valence-corrected chi connectivity index (χ1v) is 7.84. The largest absolute Gasteiger partial charge is 0.336 e. The average molecular weight is 336 g/mol. The van der Waals surface area contributed by atoms with Crippen LogP contribution in [-0.2, 0) is 9.59 Å². The highest BCUT2D eigenvalue weighted by Crippen LogP contribution is 2.18. The number of nitrogens with one attached hydrogen (secondary N) is 3. The number of hydrogen-bond acceptors (Lipinski definition) is 5. The van der Waals surface area contributed by atoms with Gasteiger partial charge in [-0.25, -0.2) is 4.79 Å². The molecule has 8 nitrogen and oxygen atoms in total. The lowest BCUT2D eigenvalue weighted by molar-refractivity contribution is -0.124.